The number of likely N-dealkylation sites (tertiary alicyclic amines) is 1. The monoisotopic (exact) mass is 274 g/mol. The van der Waals surface area contributed by atoms with E-state index in [9.17, 15) is 9.00 Å². The zero-order valence-electron chi connectivity index (χ0n) is 11.3. The second kappa shape index (κ2) is 4.81. The Morgan fingerprint density at radius 3 is 2.78 bits per heavy atom. The fraction of sp³-hybridized carbons (Fsp3) is 0.917. The van der Waals surface area contributed by atoms with Crippen LogP contribution < -0.4 is 5.32 Å². The van der Waals surface area contributed by atoms with Gasteiger partial charge in [0.1, 0.15) is 5.60 Å². The zero-order chi connectivity index (χ0) is 13.4. The molecule has 6 heteroatoms. The summed E-state index contributed by atoms with van der Waals surface area (Å²) in [6, 6.07) is 0. The van der Waals surface area contributed by atoms with Gasteiger partial charge in [-0.15, -0.1) is 0 Å². The van der Waals surface area contributed by atoms with Gasteiger partial charge in [-0.25, -0.2) is 4.79 Å². The summed E-state index contributed by atoms with van der Waals surface area (Å²) in [6.07, 6.45) is 0.593. The molecule has 2 atom stereocenters. The largest absolute Gasteiger partial charge is 0.444 e. The average Bonchev–Trinajstić information content (AvgIpc) is 2.59. The summed E-state index contributed by atoms with van der Waals surface area (Å²) in [5.74, 6) is 1.36. The zero-order valence-corrected chi connectivity index (χ0v) is 12.1. The number of carbonyl (C=O) groups is 1. The van der Waals surface area contributed by atoms with Gasteiger partial charge in [0.05, 0.1) is 0 Å². The summed E-state index contributed by atoms with van der Waals surface area (Å²) in [5, 5.41) is 3.43. The summed E-state index contributed by atoms with van der Waals surface area (Å²) in [5.41, 5.74) is -0.615. The molecular weight excluding hydrogens is 252 g/mol. The van der Waals surface area contributed by atoms with Crippen molar-refractivity contribution >= 4 is 16.9 Å². The fourth-order valence-electron chi connectivity index (χ4n) is 2.48. The highest BCUT2D eigenvalue weighted by Crippen LogP contribution is 2.26. The minimum absolute atomic E-state index is 0.153. The predicted molar refractivity (Wildman–Crippen MR) is 71.0 cm³/mol. The van der Waals surface area contributed by atoms with Gasteiger partial charge in [-0.1, -0.05) is 0 Å². The van der Waals surface area contributed by atoms with Gasteiger partial charge >= 0.3 is 6.09 Å². The number of hydrogen-bond donors (Lipinski definition) is 1. The molecule has 2 rings (SSSR count). The van der Waals surface area contributed by atoms with Gasteiger partial charge in [0.15, 0.2) is 0 Å². The summed E-state index contributed by atoms with van der Waals surface area (Å²) in [4.78, 5) is 13.7. The molecule has 0 aromatic heterocycles. The van der Waals surface area contributed by atoms with Crippen LogP contribution in [0.25, 0.3) is 0 Å². The van der Waals surface area contributed by atoms with Crippen molar-refractivity contribution in [3.8, 4) is 0 Å². The molecule has 2 saturated heterocycles. The molecule has 1 spiro atoms. The van der Waals surface area contributed by atoms with Crippen LogP contribution in [0.3, 0.4) is 0 Å². The van der Waals surface area contributed by atoms with E-state index in [-0.39, 0.29) is 11.6 Å². The Morgan fingerprint density at radius 2 is 2.17 bits per heavy atom. The van der Waals surface area contributed by atoms with E-state index in [0.29, 0.717) is 24.6 Å². The van der Waals surface area contributed by atoms with Crippen molar-refractivity contribution in [1.29, 1.82) is 0 Å². The lowest BCUT2D eigenvalue weighted by Crippen LogP contribution is -2.57. The summed E-state index contributed by atoms with van der Waals surface area (Å²) < 4.78 is 17.0. The van der Waals surface area contributed by atoms with E-state index in [1.54, 1.807) is 4.90 Å². The molecule has 2 heterocycles. The number of ether oxygens (including phenoxy) is 1. The van der Waals surface area contributed by atoms with Crippen molar-refractivity contribution in [3.05, 3.63) is 0 Å². The Balaban J connectivity index is 1.95. The lowest BCUT2D eigenvalue weighted by Gasteiger charge is -2.34. The van der Waals surface area contributed by atoms with Gasteiger partial charge in [-0.05, 0) is 27.2 Å². The van der Waals surface area contributed by atoms with Crippen LogP contribution in [-0.2, 0) is 15.5 Å². The molecule has 0 aromatic rings. The first-order valence-corrected chi connectivity index (χ1v) is 7.86. The minimum Gasteiger partial charge on any atom is -0.444 e. The number of amides is 1. The molecule has 5 nitrogen and oxygen atoms in total. The first-order chi connectivity index (χ1) is 8.30. The van der Waals surface area contributed by atoms with Crippen molar-refractivity contribution in [2.24, 2.45) is 0 Å². The van der Waals surface area contributed by atoms with Gasteiger partial charge in [0, 0.05) is 47.5 Å². The van der Waals surface area contributed by atoms with E-state index in [2.05, 4.69) is 5.32 Å². The molecule has 0 aromatic carbocycles. The van der Waals surface area contributed by atoms with Crippen molar-refractivity contribution < 1.29 is 13.7 Å². The van der Waals surface area contributed by atoms with Crippen LogP contribution in [0.1, 0.15) is 27.2 Å². The van der Waals surface area contributed by atoms with Crippen molar-refractivity contribution in [2.45, 2.75) is 38.3 Å². The third-order valence-electron chi connectivity index (χ3n) is 3.27. The van der Waals surface area contributed by atoms with Crippen LogP contribution in [0, 0.1) is 0 Å². The summed E-state index contributed by atoms with van der Waals surface area (Å²) in [7, 11) is -0.758. The van der Waals surface area contributed by atoms with Crippen molar-refractivity contribution in [3.63, 3.8) is 0 Å². The van der Waals surface area contributed by atoms with Crippen LogP contribution >= 0.6 is 0 Å². The second-order valence-corrected chi connectivity index (χ2v) is 7.72. The number of nitrogens with zero attached hydrogens (tertiary/aromatic N) is 1. The molecule has 0 radical (unpaired) electrons. The smallest absolute Gasteiger partial charge is 0.410 e. The number of hydrogen-bond acceptors (Lipinski definition) is 4. The summed E-state index contributed by atoms with van der Waals surface area (Å²) >= 11 is 0. The molecule has 0 aliphatic carbocycles. The quantitative estimate of drug-likeness (QED) is 0.707. The fourth-order valence-corrected chi connectivity index (χ4v) is 3.91. The molecule has 104 valence electrons. The Hall–Kier alpha value is -0.620. The lowest BCUT2D eigenvalue weighted by atomic mass is 10.0. The highest BCUT2D eigenvalue weighted by molar-refractivity contribution is 7.85. The maximum Gasteiger partial charge on any atom is 0.410 e. The van der Waals surface area contributed by atoms with Crippen molar-refractivity contribution in [2.75, 3.05) is 31.1 Å². The van der Waals surface area contributed by atoms with E-state index in [4.69, 9.17) is 4.74 Å². The standard InChI is InChI=1S/C12H22N2O3S/c1-11(2,3)17-10(15)14-6-4-12(8-14)9-18(16)7-5-13-12/h13H,4-9H2,1-3H3. The van der Waals surface area contributed by atoms with Gasteiger partial charge in [-0.2, -0.15) is 0 Å². The van der Waals surface area contributed by atoms with E-state index in [1.165, 1.54) is 0 Å². The first-order valence-electron chi connectivity index (χ1n) is 6.38. The van der Waals surface area contributed by atoms with E-state index < -0.39 is 16.4 Å². The lowest BCUT2D eigenvalue weighted by molar-refractivity contribution is 0.0282. The molecular formula is C12H22N2O3S. The van der Waals surface area contributed by atoms with E-state index in [1.807, 2.05) is 20.8 Å². The first kappa shape index (κ1) is 13.8. The van der Waals surface area contributed by atoms with E-state index in [0.717, 1.165) is 13.0 Å². The van der Waals surface area contributed by atoms with Gasteiger partial charge in [-0.3, -0.25) is 4.21 Å². The molecule has 18 heavy (non-hydrogen) atoms. The molecule has 0 bridgehead atoms. The average molecular weight is 274 g/mol. The maximum atomic E-state index is 12.0. The number of carbonyl (C=O) groups excluding carboxylic acids is 1. The third kappa shape index (κ3) is 3.23. The maximum absolute atomic E-state index is 12.0. The highest BCUT2D eigenvalue weighted by Gasteiger charge is 2.43. The number of rotatable bonds is 0. The van der Waals surface area contributed by atoms with Crippen LogP contribution in [0.2, 0.25) is 0 Å². The topological polar surface area (TPSA) is 58.6 Å². The van der Waals surface area contributed by atoms with Crippen molar-refractivity contribution in [1.82, 2.24) is 10.2 Å². The molecule has 0 saturated carbocycles. The SMILES string of the molecule is CC(C)(C)OC(=O)N1CCC2(C1)CS(=O)CCN2. The Bertz CT molecular complexity index is 367. The van der Waals surface area contributed by atoms with Gasteiger partial charge in [0.25, 0.3) is 0 Å². The molecule has 2 fully saturated rings. The molecule has 2 aliphatic rings. The normalized spacial score (nSPS) is 32.8. The van der Waals surface area contributed by atoms with Gasteiger partial charge in [0.2, 0.25) is 0 Å². The molecule has 2 aliphatic heterocycles. The van der Waals surface area contributed by atoms with Crippen LogP contribution in [0.5, 0.6) is 0 Å². The summed E-state index contributed by atoms with van der Waals surface area (Å²) in [6.45, 7) is 7.65. The Kier molecular flexibility index (Phi) is 3.69. The molecule has 1 amide bonds. The minimum atomic E-state index is -0.758. The molecule has 2 unspecified atom stereocenters. The van der Waals surface area contributed by atoms with E-state index >= 15 is 0 Å². The second-order valence-electron chi connectivity index (χ2n) is 6.15. The third-order valence-corrected chi connectivity index (χ3v) is 4.81. The number of nitrogens with one attached hydrogen (secondary N) is 1. The Labute approximate surface area is 111 Å². The van der Waals surface area contributed by atoms with Crippen LogP contribution in [0.15, 0.2) is 0 Å². The van der Waals surface area contributed by atoms with Crippen LogP contribution in [-0.4, -0.2) is 57.5 Å². The highest BCUT2D eigenvalue weighted by atomic mass is 32.2. The predicted octanol–water partition coefficient (Wildman–Crippen LogP) is 0.718. The van der Waals surface area contributed by atoms with Crippen LogP contribution in [0.4, 0.5) is 4.79 Å². The van der Waals surface area contributed by atoms with Gasteiger partial charge < -0.3 is 15.0 Å². The Morgan fingerprint density at radius 1 is 1.44 bits per heavy atom. The molecule has 1 N–H and O–H groups in total.